The summed E-state index contributed by atoms with van der Waals surface area (Å²) >= 11 is 0. The molecule has 546 valence electrons. The average Bonchev–Trinajstić information content (AvgIpc) is 1.35. The number of rotatable bonds is 4. The van der Waals surface area contributed by atoms with E-state index in [1.807, 2.05) is 103 Å². The monoisotopic (exact) mass is 1480 g/mol. The van der Waals surface area contributed by atoms with E-state index in [1.165, 1.54) is 293 Å². The van der Waals surface area contributed by atoms with Gasteiger partial charge in [0.2, 0.25) is 0 Å². The van der Waals surface area contributed by atoms with E-state index in [9.17, 15) is 4.74 Å². The van der Waals surface area contributed by atoms with Gasteiger partial charge in [-0.1, -0.05) is 0 Å². The van der Waals surface area contributed by atoms with Crippen molar-refractivity contribution in [2.75, 3.05) is 105 Å². The first kappa shape index (κ1) is 56.2. The molecule has 17 heteroatoms. The molecule has 21 aromatic rings. The minimum atomic E-state index is -1.07. The van der Waals surface area contributed by atoms with Crippen LogP contribution in [0.15, 0.2) is 22.3 Å². The van der Waals surface area contributed by atoms with Gasteiger partial charge < -0.3 is 43.3 Å². The Labute approximate surface area is 639 Å². The van der Waals surface area contributed by atoms with Crippen LogP contribution in [0.2, 0.25) is 0 Å². The standard InChI is InChI=1S/C96H68N8O9/c1-87(2,3)109-83(105)97-13-21-101(22-14-97)91-69-59-49-39-34-29-30-32-33-31(29)36-42-40(34)50(49)60-62-52(42)54-44(36)46-38(33)48-47-37(32)45-43-35(30)41(39)51-53(43)63-65-55(45)57(47)67-68-58(48)56(46)66-64(54)74-72(62)92(70(60)69,102-23-15-98(16-24-102)84(106)110-88(4,5)6)80-79(91)81-93(73(63)71(91)61(51)59,103-25-17-99(18-26-103)85(107)111-89(7,8)9)75(65)77(67)95-78(68)76(66)94(74,82(80)96(81,95)113-95)104-27-19-100(20-28-104)86(108)112-90(10,11)12/h13-28H2,1-12H3/t91-,92+,93-,94+,95?,96?. The molecule has 4 amide bonds. The number of amides is 4. The number of carbonyl (C=O) groups excluding carboxylic acids is 4. The van der Waals surface area contributed by atoms with Gasteiger partial charge in [-0.15, -0.1) is 0 Å². The zero-order chi connectivity index (χ0) is 74.0. The van der Waals surface area contributed by atoms with Gasteiger partial charge in [-0.25, -0.2) is 19.2 Å². The Hall–Kier alpha value is -10.1. The molecule has 0 N–H and O–H groups in total. The molecule has 5 heterocycles. The van der Waals surface area contributed by atoms with Crippen molar-refractivity contribution >= 4 is 240 Å². The predicted octanol–water partition coefficient (Wildman–Crippen LogP) is 17.1. The van der Waals surface area contributed by atoms with Gasteiger partial charge in [0.05, 0.1) is 22.2 Å². The molecule has 2 spiro atoms. The highest BCUT2D eigenvalue weighted by atomic mass is 16.6. The fraction of sp³-hybridized carbons (Fsp3) is 0.396. The van der Waals surface area contributed by atoms with Crippen LogP contribution >= 0.6 is 0 Å². The Kier molecular flexibility index (Phi) is 7.12. The summed E-state index contributed by atoms with van der Waals surface area (Å²) in [5, 5.41) is 59.6. The molecular weight excluding hydrogens is 1410 g/mol. The van der Waals surface area contributed by atoms with E-state index in [0.717, 1.165) is 0 Å². The van der Waals surface area contributed by atoms with Gasteiger partial charge in [0.1, 0.15) is 22.4 Å². The fourth-order valence-electron chi connectivity index (χ4n) is 33.0. The van der Waals surface area contributed by atoms with Gasteiger partial charge in [-0.3, -0.25) is 19.6 Å². The number of benzene rings is 15. The van der Waals surface area contributed by atoms with Crippen LogP contribution in [-0.2, 0) is 51.4 Å². The van der Waals surface area contributed by atoms with Crippen LogP contribution in [0, 0.1) is 0 Å². The summed E-state index contributed by atoms with van der Waals surface area (Å²) in [6, 6.07) is 0. The molecule has 37 rings (SSSR count). The second-order valence-electron chi connectivity index (χ2n) is 42.4. The van der Waals surface area contributed by atoms with E-state index >= 15 is 19.2 Å². The molecular formula is C96H68N8O9. The second-order valence-corrected chi connectivity index (χ2v) is 42.4. The number of epoxide rings is 1. The van der Waals surface area contributed by atoms with Crippen molar-refractivity contribution < 1.29 is 42.9 Å². The van der Waals surface area contributed by atoms with Gasteiger partial charge in [-0.2, -0.15) is 0 Å². The van der Waals surface area contributed by atoms with Gasteiger partial charge in [0, 0.05) is 127 Å². The zero-order valence-corrected chi connectivity index (χ0v) is 64.6. The van der Waals surface area contributed by atoms with E-state index in [2.05, 4.69) is 19.6 Å². The van der Waals surface area contributed by atoms with Crippen LogP contribution < -0.4 is 0 Å². The number of nitrogens with zero attached hydrogens (tertiary/aromatic N) is 8. The third-order valence-corrected chi connectivity index (χ3v) is 34.4. The van der Waals surface area contributed by atoms with Crippen molar-refractivity contribution in [1.82, 2.24) is 39.2 Å². The SMILES string of the molecule is CC(C)(C)OC(=O)N1CCN([C@@]23C4=C5C6=C7C48OC84c8c2c2c9c3c3c%10c%11c(c%12c%13c%14c(c%15c%16c%17c(c4c4c8c8c2c2c%18c9c%10c9c%10c%11c%13c%11c%13c%14c%16c%14c%16c%17c4c4c8c2c2c(c4%16)c(c%14%13)c(c%10%11)c2c%189)[C@]7%15N2CCN(C(=O)OC(C)(C)C)CC2)[C@]6%12N2CCN(C(=O)OC(C)(C)C)CC2)[C@]53N2CCN(C(=O)OC(C)(C)C)CC2)CC1. The van der Waals surface area contributed by atoms with Gasteiger partial charge in [0.25, 0.3) is 0 Å². The number of piperazine rings is 4. The second kappa shape index (κ2) is 14.3. The Bertz CT molecular complexity index is 8130. The molecule has 113 heavy (non-hydrogen) atoms. The number of carbonyl (C=O) groups is 4. The number of hydrogen-bond donors (Lipinski definition) is 0. The summed E-state index contributed by atoms with van der Waals surface area (Å²) in [6.45, 7) is 32.7. The van der Waals surface area contributed by atoms with Crippen LogP contribution in [-0.4, -0.2) is 196 Å². The van der Waals surface area contributed by atoms with E-state index in [-0.39, 0.29) is 24.4 Å². The quantitative estimate of drug-likeness (QED) is 0.0937. The first-order valence-corrected chi connectivity index (χ1v) is 42.2. The molecule has 2 unspecified atom stereocenters. The minimum Gasteiger partial charge on any atom is -0.444 e. The highest BCUT2D eigenvalue weighted by Gasteiger charge is 2.96. The molecule has 21 aromatic carbocycles. The summed E-state index contributed by atoms with van der Waals surface area (Å²) in [5.41, 5.74) is 11.9. The summed E-state index contributed by atoms with van der Waals surface area (Å²) in [4.78, 5) is 80.3. The van der Waals surface area contributed by atoms with Gasteiger partial charge in [0.15, 0.2) is 11.2 Å². The maximum atomic E-state index is 15.1. The first-order chi connectivity index (χ1) is 54.3. The summed E-state index contributed by atoms with van der Waals surface area (Å²) in [5.74, 6) is 0. The molecule has 0 saturated carbocycles. The van der Waals surface area contributed by atoms with Crippen molar-refractivity contribution in [3.05, 3.63) is 77.9 Å². The summed E-state index contributed by atoms with van der Waals surface area (Å²) in [7, 11) is 0. The highest BCUT2D eigenvalue weighted by molar-refractivity contribution is 6.77. The molecule has 6 atom stereocenters. The van der Waals surface area contributed by atoms with E-state index in [4.69, 9.17) is 18.9 Å². The fourth-order valence-corrected chi connectivity index (χ4v) is 33.0. The predicted molar refractivity (Wildman–Crippen MR) is 437 cm³/mol. The summed E-state index contributed by atoms with van der Waals surface area (Å²) < 4.78 is 35.2. The molecule has 17 nitrogen and oxygen atoms in total. The summed E-state index contributed by atoms with van der Waals surface area (Å²) in [6.07, 6.45) is -1.04. The first-order valence-electron chi connectivity index (χ1n) is 42.2. The Morgan fingerprint density at radius 2 is 0.381 bits per heavy atom. The van der Waals surface area contributed by atoms with Gasteiger partial charge in [-0.05, 0) is 354 Å². The molecule has 5 fully saturated rings. The average molecular weight is 1480 g/mol. The molecule has 0 bridgehead atoms. The van der Waals surface area contributed by atoms with Crippen LogP contribution in [0.4, 0.5) is 19.2 Å². The Balaban J connectivity index is 0.813. The van der Waals surface area contributed by atoms with E-state index in [1.54, 1.807) is 0 Å². The van der Waals surface area contributed by atoms with E-state index in [0.29, 0.717) is 105 Å². The maximum absolute atomic E-state index is 15.1. The molecule has 5 aliphatic heterocycles. The highest BCUT2D eigenvalue weighted by Crippen LogP contribution is 2.96. The molecule has 0 aromatic heterocycles. The van der Waals surface area contributed by atoms with Crippen LogP contribution in [0.1, 0.15) is 139 Å². The van der Waals surface area contributed by atoms with Crippen LogP contribution in [0.25, 0.3) is 215 Å². The van der Waals surface area contributed by atoms with Crippen molar-refractivity contribution in [1.29, 1.82) is 0 Å². The third-order valence-electron chi connectivity index (χ3n) is 34.4. The minimum absolute atomic E-state index is 0.259. The van der Waals surface area contributed by atoms with E-state index < -0.39 is 55.8 Å². The zero-order valence-electron chi connectivity index (χ0n) is 64.6. The van der Waals surface area contributed by atoms with Crippen LogP contribution in [0.3, 0.4) is 0 Å². The van der Waals surface area contributed by atoms with Crippen molar-refractivity contribution in [3.63, 3.8) is 0 Å². The smallest absolute Gasteiger partial charge is 0.410 e. The third kappa shape index (κ3) is 4.22. The lowest BCUT2D eigenvalue weighted by molar-refractivity contribution is -0.00409. The lowest BCUT2D eigenvalue weighted by Gasteiger charge is -2.63. The van der Waals surface area contributed by atoms with Crippen LogP contribution in [0.5, 0.6) is 0 Å². The van der Waals surface area contributed by atoms with Gasteiger partial charge >= 0.3 is 24.4 Å². The lowest BCUT2D eigenvalue weighted by atomic mass is 9.51. The lowest BCUT2D eigenvalue weighted by Crippen LogP contribution is -2.67. The van der Waals surface area contributed by atoms with Crippen molar-refractivity contribution in [2.45, 2.75) is 139 Å². The number of ether oxygens (including phenoxy) is 5. The normalized spacial score (nSPS) is 29.2. The Morgan fingerprint density at radius 1 is 0.221 bits per heavy atom. The number of hydrogen-bond acceptors (Lipinski definition) is 13. The molecule has 16 aliphatic rings. The maximum Gasteiger partial charge on any atom is 0.410 e. The molecule has 11 aliphatic carbocycles. The van der Waals surface area contributed by atoms with Crippen molar-refractivity contribution in [2.24, 2.45) is 0 Å². The molecule has 0 radical (unpaired) electrons. The van der Waals surface area contributed by atoms with Crippen molar-refractivity contribution in [3.8, 4) is 0 Å². The topological polar surface area (TPSA) is 144 Å². The molecule has 5 saturated heterocycles. The Morgan fingerprint density at radius 3 is 0.575 bits per heavy atom. The largest absolute Gasteiger partial charge is 0.444 e.